The second-order valence-electron chi connectivity index (χ2n) is 9.44. The van der Waals surface area contributed by atoms with Crippen LogP contribution in [0.5, 0.6) is 5.75 Å². The summed E-state index contributed by atoms with van der Waals surface area (Å²) in [4.78, 5) is 41.3. The number of H-pyrrole nitrogens is 1. The Morgan fingerprint density at radius 2 is 2.12 bits per heavy atom. The molecule has 0 unspecified atom stereocenters. The highest BCUT2D eigenvalue weighted by molar-refractivity contribution is 5.92. The largest absolute Gasteiger partial charge is 0.491 e. The Labute approximate surface area is 197 Å². The van der Waals surface area contributed by atoms with E-state index < -0.39 is 0 Å². The minimum absolute atomic E-state index is 0.0679. The number of hydrogen-bond donors (Lipinski definition) is 2. The topological polar surface area (TPSA) is 103 Å². The molecule has 1 amide bonds. The summed E-state index contributed by atoms with van der Waals surface area (Å²) >= 11 is 0. The van der Waals surface area contributed by atoms with Crippen LogP contribution in [0.4, 0.5) is 5.69 Å². The van der Waals surface area contributed by atoms with Gasteiger partial charge in [-0.05, 0) is 42.5 Å². The molecule has 2 N–H and O–H groups in total. The van der Waals surface area contributed by atoms with Crippen molar-refractivity contribution in [3.05, 3.63) is 57.8 Å². The van der Waals surface area contributed by atoms with Crippen LogP contribution >= 0.6 is 0 Å². The summed E-state index contributed by atoms with van der Waals surface area (Å²) in [5.41, 5.74) is 4.70. The Bertz CT molecular complexity index is 1320. The standard InChI is InChI=1S/C25H28N6O3/c1-14-21-22(14)31(16-5-6-18(27-12-16)25(33)26-2)8-7-30(21)13-15-10-19-20(28-11-15)23-17(24(32)29-19)4-3-9-34-23/h5-6,10-12,14,21-22H,3-4,7-9,13H2,1-2H3,(H,26,33)(H,29,32)/t14-,21+,22-/m0/s1. The van der Waals surface area contributed by atoms with E-state index in [1.807, 2.05) is 18.3 Å². The van der Waals surface area contributed by atoms with E-state index in [0.717, 1.165) is 54.8 Å². The van der Waals surface area contributed by atoms with Crippen LogP contribution in [0.1, 0.15) is 35.0 Å². The number of nitrogens with one attached hydrogen (secondary N) is 2. The lowest BCUT2D eigenvalue weighted by Gasteiger charge is -2.35. The number of pyridine rings is 3. The third-order valence-electron chi connectivity index (χ3n) is 7.39. The van der Waals surface area contributed by atoms with Crippen molar-refractivity contribution >= 4 is 22.6 Å². The Kier molecular flexibility index (Phi) is 5.02. The summed E-state index contributed by atoms with van der Waals surface area (Å²) in [6.07, 6.45) is 5.31. The van der Waals surface area contributed by atoms with Gasteiger partial charge in [0.05, 0.1) is 29.6 Å². The lowest BCUT2D eigenvalue weighted by atomic mass is 10.1. The van der Waals surface area contributed by atoms with E-state index in [1.165, 1.54) is 0 Å². The van der Waals surface area contributed by atoms with Gasteiger partial charge in [0.2, 0.25) is 0 Å². The average molecular weight is 461 g/mol. The first-order chi connectivity index (χ1) is 16.5. The number of carbonyl (C=O) groups excluding carboxylic acids is 1. The quantitative estimate of drug-likeness (QED) is 0.611. The molecule has 0 aromatic carbocycles. The predicted molar refractivity (Wildman–Crippen MR) is 128 cm³/mol. The van der Waals surface area contributed by atoms with Crippen molar-refractivity contribution in [3.8, 4) is 5.75 Å². The second kappa shape index (κ2) is 8.09. The second-order valence-corrected chi connectivity index (χ2v) is 9.44. The highest BCUT2D eigenvalue weighted by Gasteiger charge is 2.56. The lowest BCUT2D eigenvalue weighted by molar-refractivity contribution is 0.0958. The molecule has 0 radical (unpaired) electrons. The van der Waals surface area contributed by atoms with E-state index in [9.17, 15) is 9.59 Å². The molecule has 0 bridgehead atoms. The molecule has 6 rings (SSSR count). The molecular formula is C25H28N6O3. The van der Waals surface area contributed by atoms with Gasteiger partial charge in [-0.2, -0.15) is 0 Å². The number of carbonyl (C=O) groups is 1. The fourth-order valence-corrected chi connectivity index (χ4v) is 5.63. The zero-order valence-corrected chi connectivity index (χ0v) is 19.4. The maximum absolute atomic E-state index is 12.5. The summed E-state index contributed by atoms with van der Waals surface area (Å²) in [7, 11) is 1.61. The molecule has 5 heterocycles. The third kappa shape index (κ3) is 3.42. The molecule has 1 saturated carbocycles. The number of piperazine rings is 1. The monoisotopic (exact) mass is 460 g/mol. The van der Waals surface area contributed by atoms with Gasteiger partial charge in [-0.1, -0.05) is 6.92 Å². The van der Waals surface area contributed by atoms with Crippen molar-refractivity contribution in [3.63, 3.8) is 0 Å². The number of hydrogen-bond acceptors (Lipinski definition) is 7. The van der Waals surface area contributed by atoms with Crippen LogP contribution in [0.25, 0.3) is 11.0 Å². The van der Waals surface area contributed by atoms with Crippen LogP contribution in [0.2, 0.25) is 0 Å². The summed E-state index contributed by atoms with van der Waals surface area (Å²) in [6.45, 7) is 5.52. The molecule has 3 aliphatic rings. The number of fused-ring (bicyclic) bond motifs is 4. The Morgan fingerprint density at radius 1 is 1.24 bits per heavy atom. The van der Waals surface area contributed by atoms with Gasteiger partial charge in [0, 0.05) is 45.0 Å². The minimum atomic E-state index is -0.175. The predicted octanol–water partition coefficient (Wildman–Crippen LogP) is 1.71. The van der Waals surface area contributed by atoms with E-state index >= 15 is 0 Å². The molecule has 1 aliphatic carbocycles. The number of nitrogens with zero attached hydrogens (tertiary/aromatic N) is 4. The minimum Gasteiger partial charge on any atom is -0.491 e. The van der Waals surface area contributed by atoms with Gasteiger partial charge in [0.25, 0.3) is 11.5 Å². The van der Waals surface area contributed by atoms with Crippen molar-refractivity contribution in [2.45, 2.75) is 38.4 Å². The first-order valence-electron chi connectivity index (χ1n) is 11.9. The maximum atomic E-state index is 12.5. The van der Waals surface area contributed by atoms with Gasteiger partial charge in [-0.25, -0.2) is 4.98 Å². The molecule has 2 aliphatic heterocycles. The highest BCUT2D eigenvalue weighted by atomic mass is 16.5. The van der Waals surface area contributed by atoms with Crippen LogP contribution in [-0.4, -0.2) is 64.6 Å². The van der Waals surface area contributed by atoms with Gasteiger partial charge in [0.15, 0.2) is 5.75 Å². The number of amides is 1. The maximum Gasteiger partial charge on any atom is 0.269 e. The Morgan fingerprint density at radius 3 is 2.91 bits per heavy atom. The number of aromatic amines is 1. The number of anilines is 1. The molecule has 34 heavy (non-hydrogen) atoms. The van der Waals surface area contributed by atoms with Gasteiger partial charge in [0.1, 0.15) is 11.2 Å². The normalized spacial score (nSPS) is 23.7. The van der Waals surface area contributed by atoms with Crippen LogP contribution in [-0.2, 0) is 13.0 Å². The molecular weight excluding hydrogens is 432 g/mol. The summed E-state index contributed by atoms with van der Waals surface area (Å²) < 4.78 is 5.80. The van der Waals surface area contributed by atoms with E-state index in [-0.39, 0.29) is 11.5 Å². The molecule has 3 atom stereocenters. The van der Waals surface area contributed by atoms with Gasteiger partial charge < -0.3 is 19.9 Å². The zero-order chi connectivity index (χ0) is 23.4. The van der Waals surface area contributed by atoms with Crippen LogP contribution < -0.4 is 20.5 Å². The first-order valence-corrected chi connectivity index (χ1v) is 11.9. The summed E-state index contributed by atoms with van der Waals surface area (Å²) in [5, 5.41) is 2.61. The molecule has 9 nitrogen and oxygen atoms in total. The molecule has 3 aromatic rings. The van der Waals surface area contributed by atoms with Gasteiger partial charge in [-0.3, -0.25) is 19.5 Å². The summed E-state index contributed by atoms with van der Waals surface area (Å²) in [6, 6.07) is 6.69. The van der Waals surface area contributed by atoms with Crippen LogP contribution in [0, 0.1) is 5.92 Å². The smallest absolute Gasteiger partial charge is 0.269 e. The average Bonchev–Trinajstić information content (AvgIpc) is 3.55. The zero-order valence-electron chi connectivity index (χ0n) is 19.4. The Hall–Kier alpha value is -3.46. The van der Waals surface area contributed by atoms with Crippen LogP contribution in [0.15, 0.2) is 35.4 Å². The summed E-state index contributed by atoms with van der Waals surface area (Å²) in [5.74, 6) is 1.01. The molecule has 3 aromatic heterocycles. The lowest BCUT2D eigenvalue weighted by Crippen LogP contribution is -2.46. The first kappa shape index (κ1) is 21.1. The molecule has 2 fully saturated rings. The van der Waals surface area contributed by atoms with Gasteiger partial charge >= 0.3 is 0 Å². The Balaban J connectivity index is 1.20. The van der Waals surface area contributed by atoms with E-state index in [1.54, 1.807) is 19.3 Å². The molecule has 1 saturated heterocycles. The SMILES string of the molecule is CNC(=O)c1ccc(N2CCN(Cc3cnc4c5c(c(=O)[nH]c4c3)CCCO5)[C@@H]3[C@H](C)[C@@H]32)cn1. The van der Waals surface area contributed by atoms with Gasteiger partial charge in [-0.15, -0.1) is 0 Å². The van der Waals surface area contributed by atoms with Crippen molar-refractivity contribution in [2.24, 2.45) is 5.92 Å². The number of aromatic nitrogens is 3. The van der Waals surface area contributed by atoms with E-state index in [2.05, 4.69) is 37.0 Å². The van der Waals surface area contributed by atoms with Crippen molar-refractivity contribution in [1.82, 2.24) is 25.2 Å². The fraction of sp³-hybridized carbons (Fsp3) is 0.440. The number of rotatable bonds is 4. The van der Waals surface area contributed by atoms with Crippen molar-refractivity contribution < 1.29 is 9.53 Å². The molecule has 9 heteroatoms. The van der Waals surface area contributed by atoms with E-state index in [0.29, 0.717) is 41.6 Å². The van der Waals surface area contributed by atoms with Crippen LogP contribution in [0.3, 0.4) is 0 Å². The van der Waals surface area contributed by atoms with E-state index in [4.69, 9.17) is 4.74 Å². The molecule has 0 spiro atoms. The fourth-order valence-electron chi connectivity index (χ4n) is 5.63. The van der Waals surface area contributed by atoms with Crippen molar-refractivity contribution in [2.75, 3.05) is 31.6 Å². The highest BCUT2D eigenvalue weighted by Crippen LogP contribution is 2.45. The number of ether oxygens (including phenoxy) is 1. The molecule has 176 valence electrons. The third-order valence-corrected chi connectivity index (χ3v) is 7.39. The van der Waals surface area contributed by atoms with Crippen molar-refractivity contribution in [1.29, 1.82) is 0 Å².